The van der Waals surface area contributed by atoms with Gasteiger partial charge in [0.05, 0.1) is 12.6 Å². The van der Waals surface area contributed by atoms with Crippen LogP contribution in [0.3, 0.4) is 0 Å². The smallest absolute Gasteiger partial charge is 0.321 e. The topological polar surface area (TPSA) is 65.1 Å². The van der Waals surface area contributed by atoms with Crippen LogP contribution < -0.4 is 5.32 Å². The first-order valence-corrected chi connectivity index (χ1v) is 10.3. The van der Waals surface area contributed by atoms with Crippen molar-refractivity contribution in [1.82, 2.24) is 14.7 Å². The van der Waals surface area contributed by atoms with Crippen molar-refractivity contribution in [3.05, 3.63) is 29.8 Å². The number of anilines is 1. The summed E-state index contributed by atoms with van der Waals surface area (Å²) in [5, 5.41) is 2.99. The van der Waals surface area contributed by atoms with E-state index in [4.69, 9.17) is 4.74 Å². The van der Waals surface area contributed by atoms with Crippen LogP contribution in [0.2, 0.25) is 0 Å². The number of ether oxygens (including phenoxy) is 1. The predicted molar refractivity (Wildman–Crippen MR) is 109 cm³/mol. The molecule has 3 rings (SSSR count). The molecule has 7 nitrogen and oxygen atoms in total. The quantitative estimate of drug-likeness (QED) is 0.810. The number of nitrogens with one attached hydrogen (secondary N) is 1. The van der Waals surface area contributed by atoms with Crippen molar-refractivity contribution in [3.8, 4) is 0 Å². The van der Waals surface area contributed by atoms with Gasteiger partial charge in [-0.1, -0.05) is 19.1 Å². The molecule has 2 saturated heterocycles. The van der Waals surface area contributed by atoms with Crippen molar-refractivity contribution in [1.29, 1.82) is 0 Å². The molecule has 1 aromatic rings. The molecular weight excluding hydrogens is 356 g/mol. The standard InChI is InChI=1S/C21H32N4O3/c1-3-17-5-7-18(8-6-17)22-21(27)25-11-4-10-23(13-14-25)19-9-12-24(20(19)26)15-16-28-2/h5-8,19H,3-4,9-16H2,1-2H3,(H,22,27)/t19-/m0/s1. The number of urea groups is 1. The lowest BCUT2D eigenvalue weighted by molar-refractivity contribution is -0.132. The zero-order valence-electron chi connectivity index (χ0n) is 17.0. The molecule has 1 N–H and O–H groups in total. The molecular formula is C21H32N4O3. The molecule has 0 bridgehead atoms. The molecule has 7 heteroatoms. The number of likely N-dealkylation sites (tertiary alicyclic amines) is 1. The van der Waals surface area contributed by atoms with Gasteiger partial charge >= 0.3 is 6.03 Å². The fourth-order valence-electron chi connectivity index (χ4n) is 3.96. The summed E-state index contributed by atoms with van der Waals surface area (Å²) in [6.07, 6.45) is 2.72. The summed E-state index contributed by atoms with van der Waals surface area (Å²) in [6, 6.07) is 7.87. The Morgan fingerprint density at radius 2 is 1.93 bits per heavy atom. The highest BCUT2D eigenvalue weighted by Crippen LogP contribution is 2.19. The number of rotatable bonds is 6. The third kappa shape index (κ3) is 5.02. The maximum atomic E-state index is 12.7. The van der Waals surface area contributed by atoms with E-state index >= 15 is 0 Å². The molecule has 0 spiro atoms. The molecule has 154 valence electrons. The van der Waals surface area contributed by atoms with Gasteiger partial charge in [-0.15, -0.1) is 0 Å². The molecule has 0 saturated carbocycles. The van der Waals surface area contributed by atoms with Crippen molar-refractivity contribution in [2.45, 2.75) is 32.2 Å². The fraction of sp³-hybridized carbons (Fsp3) is 0.619. The summed E-state index contributed by atoms with van der Waals surface area (Å²) in [4.78, 5) is 31.3. The second-order valence-corrected chi connectivity index (χ2v) is 7.48. The molecule has 2 heterocycles. The largest absolute Gasteiger partial charge is 0.383 e. The number of aryl methyl sites for hydroxylation is 1. The van der Waals surface area contributed by atoms with E-state index in [1.165, 1.54) is 5.56 Å². The van der Waals surface area contributed by atoms with Crippen LogP contribution in [0.1, 0.15) is 25.3 Å². The number of methoxy groups -OCH3 is 1. The minimum atomic E-state index is -0.0643. The molecule has 0 radical (unpaired) electrons. The van der Waals surface area contributed by atoms with Gasteiger partial charge in [-0.05, 0) is 37.0 Å². The third-order valence-corrected chi connectivity index (χ3v) is 5.71. The van der Waals surface area contributed by atoms with E-state index in [0.717, 1.165) is 44.6 Å². The number of carbonyl (C=O) groups excluding carboxylic acids is 2. The van der Waals surface area contributed by atoms with Gasteiger partial charge in [0.25, 0.3) is 0 Å². The van der Waals surface area contributed by atoms with Gasteiger partial charge in [0.15, 0.2) is 0 Å². The van der Waals surface area contributed by atoms with E-state index in [9.17, 15) is 9.59 Å². The number of amides is 3. The monoisotopic (exact) mass is 388 g/mol. The summed E-state index contributed by atoms with van der Waals surface area (Å²) < 4.78 is 5.10. The van der Waals surface area contributed by atoms with E-state index in [1.807, 2.05) is 34.1 Å². The number of carbonyl (C=O) groups is 2. The minimum Gasteiger partial charge on any atom is -0.383 e. The third-order valence-electron chi connectivity index (χ3n) is 5.71. The maximum Gasteiger partial charge on any atom is 0.321 e. The predicted octanol–water partition coefficient (Wildman–Crippen LogP) is 2.04. The van der Waals surface area contributed by atoms with Crippen LogP contribution in [-0.4, -0.2) is 85.7 Å². The van der Waals surface area contributed by atoms with Gasteiger partial charge in [0, 0.05) is 52.1 Å². The van der Waals surface area contributed by atoms with Crippen LogP contribution in [0.4, 0.5) is 10.5 Å². The second-order valence-electron chi connectivity index (χ2n) is 7.48. The highest BCUT2D eigenvalue weighted by molar-refractivity contribution is 5.89. The first-order valence-electron chi connectivity index (χ1n) is 10.3. The van der Waals surface area contributed by atoms with E-state index < -0.39 is 0 Å². The highest BCUT2D eigenvalue weighted by Gasteiger charge is 2.36. The molecule has 0 unspecified atom stereocenters. The molecule has 2 aliphatic heterocycles. The van der Waals surface area contributed by atoms with Gasteiger partial charge in [-0.25, -0.2) is 4.79 Å². The summed E-state index contributed by atoms with van der Waals surface area (Å²) in [5.74, 6) is 0.200. The number of hydrogen-bond donors (Lipinski definition) is 1. The van der Waals surface area contributed by atoms with Gasteiger partial charge in [-0.3, -0.25) is 9.69 Å². The Kier molecular flexibility index (Phi) is 7.28. The van der Waals surface area contributed by atoms with Crippen LogP contribution >= 0.6 is 0 Å². The Balaban J connectivity index is 1.51. The molecule has 28 heavy (non-hydrogen) atoms. The average molecular weight is 389 g/mol. The second kappa shape index (κ2) is 9.89. The SMILES string of the molecule is CCc1ccc(NC(=O)N2CCCN([C@H]3CCN(CCOC)C3=O)CC2)cc1. The summed E-state index contributed by atoms with van der Waals surface area (Å²) >= 11 is 0. The average Bonchev–Trinajstić information content (AvgIpc) is 2.92. The summed E-state index contributed by atoms with van der Waals surface area (Å²) in [6.45, 7) is 7.07. The normalized spacial score (nSPS) is 21.1. The first-order chi connectivity index (χ1) is 13.6. The van der Waals surface area contributed by atoms with Crippen molar-refractivity contribution in [2.24, 2.45) is 0 Å². The Morgan fingerprint density at radius 1 is 1.14 bits per heavy atom. The Labute approximate surface area is 167 Å². The van der Waals surface area contributed by atoms with Crippen LogP contribution in [0.15, 0.2) is 24.3 Å². The van der Waals surface area contributed by atoms with Crippen molar-refractivity contribution < 1.29 is 14.3 Å². The van der Waals surface area contributed by atoms with E-state index in [-0.39, 0.29) is 18.0 Å². The van der Waals surface area contributed by atoms with Crippen LogP contribution in [0, 0.1) is 0 Å². The minimum absolute atomic E-state index is 0.0542. The lowest BCUT2D eigenvalue weighted by Gasteiger charge is -2.26. The Hall–Kier alpha value is -2.12. The summed E-state index contributed by atoms with van der Waals surface area (Å²) in [5.41, 5.74) is 2.08. The van der Waals surface area contributed by atoms with Crippen LogP contribution in [0.25, 0.3) is 0 Å². The van der Waals surface area contributed by atoms with Gasteiger partial charge < -0.3 is 19.9 Å². The van der Waals surface area contributed by atoms with Crippen molar-refractivity contribution in [3.63, 3.8) is 0 Å². The van der Waals surface area contributed by atoms with Crippen LogP contribution in [-0.2, 0) is 16.0 Å². The summed E-state index contributed by atoms with van der Waals surface area (Å²) in [7, 11) is 1.66. The lowest BCUT2D eigenvalue weighted by Crippen LogP contribution is -2.44. The van der Waals surface area contributed by atoms with Crippen molar-refractivity contribution in [2.75, 3.05) is 58.3 Å². The fourth-order valence-corrected chi connectivity index (χ4v) is 3.96. The lowest BCUT2D eigenvalue weighted by atomic mass is 10.1. The zero-order valence-corrected chi connectivity index (χ0v) is 17.0. The van der Waals surface area contributed by atoms with Gasteiger partial charge in [-0.2, -0.15) is 0 Å². The molecule has 3 amide bonds. The van der Waals surface area contributed by atoms with Gasteiger partial charge in [0.2, 0.25) is 5.91 Å². The highest BCUT2D eigenvalue weighted by atomic mass is 16.5. The number of nitrogens with zero attached hydrogens (tertiary/aromatic N) is 3. The molecule has 2 fully saturated rings. The molecule has 1 aromatic carbocycles. The zero-order chi connectivity index (χ0) is 19.9. The molecule has 1 atom stereocenters. The van der Waals surface area contributed by atoms with Gasteiger partial charge in [0.1, 0.15) is 0 Å². The molecule has 2 aliphatic rings. The Morgan fingerprint density at radius 3 is 2.64 bits per heavy atom. The van der Waals surface area contributed by atoms with E-state index in [2.05, 4.69) is 17.1 Å². The number of benzene rings is 1. The van der Waals surface area contributed by atoms with E-state index in [0.29, 0.717) is 26.2 Å². The number of hydrogen-bond acceptors (Lipinski definition) is 4. The van der Waals surface area contributed by atoms with E-state index in [1.54, 1.807) is 7.11 Å². The van der Waals surface area contributed by atoms with Crippen molar-refractivity contribution >= 4 is 17.6 Å². The first kappa shape index (κ1) is 20.6. The Bertz CT molecular complexity index is 664. The van der Waals surface area contributed by atoms with Crippen LogP contribution in [0.5, 0.6) is 0 Å². The molecule has 0 aliphatic carbocycles. The molecule has 0 aromatic heterocycles. The maximum absolute atomic E-state index is 12.7.